The second kappa shape index (κ2) is 11.5. The highest BCUT2D eigenvalue weighted by Crippen LogP contribution is 2.34. The summed E-state index contributed by atoms with van der Waals surface area (Å²) in [6.45, 7) is 1.74. The van der Waals surface area contributed by atoms with E-state index in [0.717, 1.165) is 29.0 Å². The van der Waals surface area contributed by atoms with Crippen molar-refractivity contribution in [2.45, 2.75) is 19.4 Å². The number of rotatable bonds is 9. The van der Waals surface area contributed by atoms with Crippen molar-refractivity contribution >= 4 is 23.3 Å². The number of nitrogens with zero attached hydrogens (tertiary/aromatic N) is 2. The zero-order valence-electron chi connectivity index (χ0n) is 20.8. The number of hydrogen-bond acceptors (Lipinski definition) is 5. The van der Waals surface area contributed by atoms with Crippen LogP contribution in [0.5, 0.6) is 17.2 Å². The molecular formula is C28H31N3O5. The Bertz CT molecular complexity index is 1190. The van der Waals surface area contributed by atoms with Gasteiger partial charge in [0.25, 0.3) is 0 Å². The maximum atomic E-state index is 13.4. The van der Waals surface area contributed by atoms with E-state index in [0.29, 0.717) is 36.8 Å². The summed E-state index contributed by atoms with van der Waals surface area (Å²) in [5.74, 6) is 1.94. The van der Waals surface area contributed by atoms with Gasteiger partial charge in [0.05, 0.1) is 33.4 Å². The van der Waals surface area contributed by atoms with E-state index in [4.69, 9.17) is 14.2 Å². The highest BCUT2D eigenvalue weighted by atomic mass is 16.5. The van der Waals surface area contributed by atoms with Crippen molar-refractivity contribution in [3.8, 4) is 17.2 Å². The molecule has 8 heteroatoms. The van der Waals surface area contributed by atoms with Gasteiger partial charge in [0.1, 0.15) is 17.2 Å². The summed E-state index contributed by atoms with van der Waals surface area (Å²) in [5, 5.41) is 2.94. The normalized spacial score (nSPS) is 13.4. The van der Waals surface area contributed by atoms with Crippen LogP contribution < -0.4 is 24.4 Å². The number of carbonyl (C=O) groups excluding carboxylic acids is 2. The molecule has 1 saturated heterocycles. The first-order valence-corrected chi connectivity index (χ1v) is 11.8. The van der Waals surface area contributed by atoms with Crippen LogP contribution in [-0.2, 0) is 17.8 Å². The van der Waals surface area contributed by atoms with E-state index in [9.17, 15) is 9.59 Å². The molecule has 0 bridgehead atoms. The van der Waals surface area contributed by atoms with Gasteiger partial charge in [-0.1, -0.05) is 24.3 Å². The standard InChI is InChI=1S/C28H31N3O5/c1-34-23-10-5-20(6-11-23)17-27(32)29-22-9-14-26(36-3)25(18-22)31-16-4-15-30(28(31)33)19-21-7-12-24(35-2)13-8-21/h5-14,18H,4,15-17,19H2,1-3H3,(H,29,32). The fourth-order valence-electron chi connectivity index (χ4n) is 4.22. The summed E-state index contributed by atoms with van der Waals surface area (Å²) in [4.78, 5) is 29.6. The third kappa shape index (κ3) is 5.89. The highest BCUT2D eigenvalue weighted by Gasteiger charge is 2.29. The van der Waals surface area contributed by atoms with E-state index in [2.05, 4.69) is 5.32 Å². The molecule has 1 fully saturated rings. The Labute approximate surface area is 211 Å². The minimum absolute atomic E-state index is 0.0999. The van der Waals surface area contributed by atoms with Crippen molar-refractivity contribution in [3.05, 3.63) is 77.9 Å². The SMILES string of the molecule is COc1ccc(CC(=O)Nc2ccc(OC)c(N3CCCN(Cc4ccc(OC)cc4)C3=O)c2)cc1. The van der Waals surface area contributed by atoms with Crippen LogP contribution in [0.1, 0.15) is 17.5 Å². The van der Waals surface area contributed by atoms with Gasteiger partial charge in [0.2, 0.25) is 5.91 Å². The largest absolute Gasteiger partial charge is 0.497 e. The van der Waals surface area contributed by atoms with Crippen LogP contribution in [0.3, 0.4) is 0 Å². The number of methoxy groups -OCH3 is 3. The fraction of sp³-hybridized carbons (Fsp3) is 0.286. The number of urea groups is 1. The molecule has 3 aromatic carbocycles. The lowest BCUT2D eigenvalue weighted by molar-refractivity contribution is -0.115. The molecular weight excluding hydrogens is 458 g/mol. The maximum absolute atomic E-state index is 13.4. The molecule has 0 unspecified atom stereocenters. The second-order valence-corrected chi connectivity index (χ2v) is 8.52. The molecule has 36 heavy (non-hydrogen) atoms. The topological polar surface area (TPSA) is 80.3 Å². The van der Waals surface area contributed by atoms with Crippen LogP contribution in [0, 0.1) is 0 Å². The van der Waals surface area contributed by atoms with Crippen LogP contribution in [0.4, 0.5) is 16.2 Å². The molecule has 188 valence electrons. The van der Waals surface area contributed by atoms with Gasteiger partial charge in [-0.15, -0.1) is 0 Å². The number of hydrogen-bond donors (Lipinski definition) is 1. The lowest BCUT2D eigenvalue weighted by Crippen LogP contribution is -2.49. The molecule has 8 nitrogen and oxygen atoms in total. The molecule has 0 saturated carbocycles. The molecule has 1 N–H and O–H groups in total. The number of amides is 3. The van der Waals surface area contributed by atoms with Gasteiger partial charge < -0.3 is 24.4 Å². The van der Waals surface area contributed by atoms with Gasteiger partial charge in [0.15, 0.2) is 0 Å². The predicted octanol–water partition coefficient (Wildman–Crippen LogP) is 4.73. The second-order valence-electron chi connectivity index (χ2n) is 8.52. The smallest absolute Gasteiger partial charge is 0.324 e. The Hall–Kier alpha value is -4.20. The molecule has 1 heterocycles. The molecule has 0 radical (unpaired) electrons. The number of carbonyl (C=O) groups is 2. The summed E-state index contributed by atoms with van der Waals surface area (Å²) in [7, 11) is 4.81. The van der Waals surface area contributed by atoms with Crippen molar-refractivity contribution in [3.63, 3.8) is 0 Å². The Kier molecular flexibility index (Phi) is 7.95. The molecule has 1 aliphatic heterocycles. The average molecular weight is 490 g/mol. The van der Waals surface area contributed by atoms with Crippen molar-refractivity contribution in [1.29, 1.82) is 0 Å². The number of benzene rings is 3. The van der Waals surface area contributed by atoms with E-state index in [1.165, 1.54) is 0 Å². The van der Waals surface area contributed by atoms with Gasteiger partial charge in [-0.05, 0) is 60.0 Å². The molecule has 0 aromatic heterocycles. The van der Waals surface area contributed by atoms with Gasteiger partial charge in [-0.3, -0.25) is 9.69 Å². The Morgan fingerprint density at radius 1 is 0.833 bits per heavy atom. The molecule has 0 atom stereocenters. The highest BCUT2D eigenvalue weighted by molar-refractivity contribution is 5.97. The predicted molar refractivity (Wildman–Crippen MR) is 139 cm³/mol. The Morgan fingerprint density at radius 3 is 2.08 bits per heavy atom. The lowest BCUT2D eigenvalue weighted by atomic mass is 10.1. The number of ether oxygens (including phenoxy) is 3. The zero-order chi connectivity index (χ0) is 25.5. The summed E-state index contributed by atoms with van der Waals surface area (Å²) in [6, 6.07) is 20.3. The Morgan fingerprint density at radius 2 is 1.47 bits per heavy atom. The van der Waals surface area contributed by atoms with E-state index in [1.54, 1.807) is 44.4 Å². The molecule has 0 aliphatic carbocycles. The minimum atomic E-state index is -0.151. The van der Waals surface area contributed by atoms with Crippen LogP contribution in [0.2, 0.25) is 0 Å². The molecule has 3 amide bonds. The molecule has 1 aliphatic rings. The molecule has 4 rings (SSSR count). The summed E-state index contributed by atoms with van der Waals surface area (Å²) in [5.41, 5.74) is 3.13. The van der Waals surface area contributed by atoms with Gasteiger partial charge in [-0.25, -0.2) is 4.79 Å². The molecule has 3 aromatic rings. The summed E-state index contributed by atoms with van der Waals surface area (Å²) in [6.07, 6.45) is 1.04. The van der Waals surface area contributed by atoms with E-state index >= 15 is 0 Å². The third-order valence-corrected chi connectivity index (χ3v) is 6.12. The first-order chi connectivity index (χ1) is 17.5. The van der Waals surface area contributed by atoms with Crippen molar-refractivity contribution in [2.24, 2.45) is 0 Å². The maximum Gasteiger partial charge on any atom is 0.324 e. The average Bonchev–Trinajstić information content (AvgIpc) is 2.90. The van der Waals surface area contributed by atoms with Crippen molar-refractivity contribution < 1.29 is 23.8 Å². The van der Waals surface area contributed by atoms with Crippen LogP contribution in [-0.4, -0.2) is 51.3 Å². The monoisotopic (exact) mass is 489 g/mol. The van der Waals surface area contributed by atoms with Crippen LogP contribution in [0.25, 0.3) is 0 Å². The lowest BCUT2D eigenvalue weighted by Gasteiger charge is -2.36. The van der Waals surface area contributed by atoms with Crippen LogP contribution >= 0.6 is 0 Å². The number of nitrogens with one attached hydrogen (secondary N) is 1. The Balaban J connectivity index is 1.47. The quantitative estimate of drug-likeness (QED) is 0.470. The van der Waals surface area contributed by atoms with E-state index in [-0.39, 0.29) is 18.4 Å². The first-order valence-electron chi connectivity index (χ1n) is 11.8. The summed E-state index contributed by atoms with van der Waals surface area (Å²) < 4.78 is 15.9. The first kappa shape index (κ1) is 24.9. The van der Waals surface area contributed by atoms with E-state index in [1.807, 2.05) is 53.4 Å². The van der Waals surface area contributed by atoms with Crippen molar-refractivity contribution in [2.75, 3.05) is 44.6 Å². The van der Waals surface area contributed by atoms with Crippen molar-refractivity contribution in [1.82, 2.24) is 4.90 Å². The third-order valence-electron chi connectivity index (χ3n) is 6.12. The van der Waals surface area contributed by atoms with E-state index < -0.39 is 0 Å². The number of anilines is 2. The minimum Gasteiger partial charge on any atom is -0.497 e. The van der Waals surface area contributed by atoms with Crippen LogP contribution in [0.15, 0.2) is 66.7 Å². The van der Waals surface area contributed by atoms with Gasteiger partial charge in [-0.2, -0.15) is 0 Å². The van der Waals surface area contributed by atoms with Gasteiger partial charge >= 0.3 is 6.03 Å². The summed E-state index contributed by atoms with van der Waals surface area (Å²) >= 11 is 0. The fourth-order valence-corrected chi connectivity index (χ4v) is 4.22. The zero-order valence-corrected chi connectivity index (χ0v) is 20.8. The molecule has 0 spiro atoms. The van der Waals surface area contributed by atoms with Gasteiger partial charge in [0, 0.05) is 25.3 Å².